The molecule has 0 saturated heterocycles. The molecule has 0 aromatic heterocycles. The Morgan fingerprint density at radius 3 is 1.88 bits per heavy atom. The van der Waals surface area contributed by atoms with E-state index in [0.29, 0.717) is 25.4 Å². The van der Waals surface area contributed by atoms with E-state index in [1.807, 2.05) is 20.8 Å². The maximum Gasteiger partial charge on any atom is 0.500 e. The Kier molecular flexibility index (Phi) is 9.47. The van der Waals surface area contributed by atoms with E-state index in [1.54, 1.807) is 0 Å². The van der Waals surface area contributed by atoms with Crippen LogP contribution < -0.4 is 0 Å². The van der Waals surface area contributed by atoms with Gasteiger partial charge in [-0.1, -0.05) is 98.4 Å². The van der Waals surface area contributed by atoms with Crippen LogP contribution in [0.15, 0.2) is 72.8 Å². The molecule has 3 rings (SSSR count). The summed E-state index contributed by atoms with van der Waals surface area (Å²) < 4.78 is 18.4. The zero-order valence-electron chi connectivity index (χ0n) is 21.0. The van der Waals surface area contributed by atoms with Crippen LogP contribution in [0, 0.1) is 0 Å². The predicted octanol–water partition coefficient (Wildman–Crippen LogP) is 7.66. The monoisotopic (exact) mass is 480 g/mol. The Bertz CT molecular complexity index is 968. The van der Waals surface area contributed by atoms with E-state index in [2.05, 4.69) is 85.9 Å². The zero-order chi connectivity index (χ0) is 23.7. The highest BCUT2D eigenvalue weighted by Crippen LogP contribution is 2.40. The van der Waals surface area contributed by atoms with Gasteiger partial charge in [0.15, 0.2) is 0 Å². The lowest BCUT2D eigenvalue weighted by Crippen LogP contribution is -2.46. The molecule has 33 heavy (non-hydrogen) atoms. The van der Waals surface area contributed by atoms with Crippen LogP contribution in [-0.2, 0) is 13.3 Å². The molecule has 3 aromatic carbocycles. The largest absolute Gasteiger partial charge is 0.500 e. The number of hydrogen-bond donors (Lipinski definition) is 0. The molecule has 0 radical (unpaired) electrons. The van der Waals surface area contributed by atoms with Crippen LogP contribution in [-0.4, -0.2) is 36.7 Å². The van der Waals surface area contributed by atoms with Gasteiger partial charge in [-0.2, -0.15) is 0 Å². The van der Waals surface area contributed by atoms with Crippen molar-refractivity contribution < 1.29 is 13.3 Å². The predicted molar refractivity (Wildman–Crippen MR) is 145 cm³/mol. The van der Waals surface area contributed by atoms with Gasteiger partial charge in [0.25, 0.3) is 0 Å². The van der Waals surface area contributed by atoms with E-state index in [1.165, 1.54) is 27.9 Å². The Labute approximate surface area is 202 Å². The average molecular weight is 481 g/mol. The maximum atomic E-state index is 6.12. The molecule has 3 nitrogen and oxygen atoms in total. The van der Waals surface area contributed by atoms with Crippen molar-refractivity contribution in [2.24, 2.45) is 0 Å². The lowest BCUT2D eigenvalue weighted by molar-refractivity contribution is 0.0711. The molecule has 0 amide bonds. The van der Waals surface area contributed by atoms with Gasteiger partial charge >= 0.3 is 8.80 Å². The molecule has 178 valence electrons. The third-order valence-electron chi connectivity index (χ3n) is 6.45. The Morgan fingerprint density at radius 2 is 1.24 bits per heavy atom. The summed E-state index contributed by atoms with van der Waals surface area (Å²) in [6.07, 6.45) is 1.07. The first-order valence-electron chi connectivity index (χ1n) is 12.4. The highest BCUT2D eigenvalue weighted by atomic mass is 28.4. The van der Waals surface area contributed by atoms with Crippen LogP contribution in [0.25, 0.3) is 10.8 Å². The molecule has 0 fully saturated rings. The van der Waals surface area contributed by atoms with E-state index >= 15 is 0 Å². The summed E-state index contributed by atoms with van der Waals surface area (Å²) in [7, 11) is -4.35. The Hall–Kier alpha value is -1.77. The minimum Gasteiger partial charge on any atom is -0.374 e. The first-order valence-corrected chi connectivity index (χ1v) is 17.6. The second kappa shape index (κ2) is 12.1. The van der Waals surface area contributed by atoms with Crippen molar-refractivity contribution in [2.45, 2.75) is 57.9 Å². The van der Waals surface area contributed by atoms with Crippen LogP contribution in [0.1, 0.15) is 43.9 Å². The van der Waals surface area contributed by atoms with E-state index in [-0.39, 0.29) is 0 Å². The summed E-state index contributed by atoms with van der Waals surface area (Å²) in [5, 5.41) is 2.69. The van der Waals surface area contributed by atoms with Gasteiger partial charge in [0.2, 0.25) is 0 Å². The summed E-state index contributed by atoms with van der Waals surface area (Å²) in [5.74, 6) is 0. The summed E-state index contributed by atoms with van der Waals surface area (Å²) >= 11 is 0. The van der Waals surface area contributed by atoms with Crippen molar-refractivity contribution in [1.82, 2.24) is 0 Å². The fourth-order valence-corrected chi connectivity index (χ4v) is 11.6. The number of benzene rings is 3. The molecular formula is C28H40O3Si2. The van der Waals surface area contributed by atoms with Crippen molar-refractivity contribution in [2.75, 3.05) is 19.8 Å². The number of fused-ring (bicyclic) bond motifs is 1. The first-order chi connectivity index (χ1) is 16.0. The topological polar surface area (TPSA) is 27.7 Å². The SMILES string of the molecule is CCO[Si](CCC[Si](C)(C)[C@H](c1ccccc1)c1cccc2ccccc12)(OCC)OCC. The Morgan fingerprint density at radius 1 is 0.667 bits per heavy atom. The molecule has 0 aliphatic heterocycles. The van der Waals surface area contributed by atoms with Gasteiger partial charge in [-0.3, -0.25) is 0 Å². The molecule has 0 bridgehead atoms. The molecule has 0 saturated carbocycles. The third kappa shape index (κ3) is 6.43. The maximum absolute atomic E-state index is 6.12. The van der Waals surface area contributed by atoms with Gasteiger partial charge in [0, 0.05) is 31.4 Å². The molecule has 0 aliphatic rings. The van der Waals surface area contributed by atoms with E-state index in [4.69, 9.17) is 13.3 Å². The molecule has 3 aromatic rings. The zero-order valence-corrected chi connectivity index (χ0v) is 23.0. The molecule has 0 heterocycles. The van der Waals surface area contributed by atoms with Crippen LogP contribution >= 0.6 is 0 Å². The molecule has 0 aliphatic carbocycles. The van der Waals surface area contributed by atoms with Crippen molar-refractivity contribution in [3.8, 4) is 0 Å². The van der Waals surface area contributed by atoms with Crippen LogP contribution in [0.4, 0.5) is 0 Å². The third-order valence-corrected chi connectivity index (χ3v) is 13.4. The smallest absolute Gasteiger partial charge is 0.374 e. The normalized spacial score (nSPS) is 13.4. The average Bonchev–Trinajstić information content (AvgIpc) is 2.80. The van der Waals surface area contributed by atoms with Crippen LogP contribution in [0.5, 0.6) is 0 Å². The van der Waals surface area contributed by atoms with Gasteiger partial charge in [0.1, 0.15) is 0 Å². The van der Waals surface area contributed by atoms with E-state index in [9.17, 15) is 0 Å². The summed E-state index contributed by atoms with van der Waals surface area (Å²) in [6.45, 7) is 13.1. The molecule has 0 unspecified atom stereocenters. The highest BCUT2D eigenvalue weighted by Gasteiger charge is 2.41. The van der Waals surface area contributed by atoms with Crippen molar-refractivity contribution in [3.05, 3.63) is 83.9 Å². The quantitative estimate of drug-likeness (QED) is 0.235. The van der Waals surface area contributed by atoms with Gasteiger partial charge in [-0.25, -0.2) is 0 Å². The van der Waals surface area contributed by atoms with Crippen molar-refractivity contribution >= 4 is 27.7 Å². The van der Waals surface area contributed by atoms with E-state index < -0.39 is 16.9 Å². The summed E-state index contributed by atoms with van der Waals surface area (Å²) in [5.41, 5.74) is 3.31. The van der Waals surface area contributed by atoms with Crippen LogP contribution in [0.2, 0.25) is 25.2 Å². The lowest BCUT2D eigenvalue weighted by Gasteiger charge is -2.35. The first kappa shape index (κ1) is 25.8. The minimum absolute atomic E-state index is 0.423. The lowest BCUT2D eigenvalue weighted by atomic mass is 9.98. The fourth-order valence-electron chi connectivity index (χ4n) is 5.11. The van der Waals surface area contributed by atoms with Crippen LogP contribution in [0.3, 0.4) is 0 Å². The van der Waals surface area contributed by atoms with Crippen molar-refractivity contribution in [3.63, 3.8) is 0 Å². The van der Waals surface area contributed by atoms with Gasteiger partial charge in [0.05, 0.1) is 8.07 Å². The molecule has 0 N–H and O–H groups in total. The molecule has 5 heteroatoms. The highest BCUT2D eigenvalue weighted by molar-refractivity contribution is 6.79. The number of hydrogen-bond acceptors (Lipinski definition) is 3. The van der Waals surface area contributed by atoms with Gasteiger partial charge in [-0.05, 0) is 42.7 Å². The van der Waals surface area contributed by atoms with Crippen molar-refractivity contribution in [1.29, 1.82) is 0 Å². The second-order valence-electron chi connectivity index (χ2n) is 9.24. The number of rotatable bonds is 13. The second-order valence-corrected chi connectivity index (χ2v) is 17.0. The Balaban J connectivity index is 1.92. The minimum atomic E-state index is -2.61. The van der Waals surface area contributed by atoms with E-state index in [0.717, 1.165) is 12.5 Å². The standard InChI is InChI=1S/C28H40O3Si2/c1-6-29-33(30-7-2,31-8-3)23-15-22-32(4,5)28(25-17-10-9-11-18-25)27-21-14-19-24-16-12-13-20-26(24)27/h9-14,16-21,28H,6-8,15,22-23H2,1-5H3/t28-/m1/s1. The molecule has 1 atom stereocenters. The fraction of sp³-hybridized carbons (Fsp3) is 0.429. The molecule has 0 spiro atoms. The van der Waals surface area contributed by atoms with Gasteiger partial charge in [-0.15, -0.1) is 0 Å². The molecular weight excluding hydrogens is 440 g/mol. The summed E-state index contributed by atoms with van der Waals surface area (Å²) in [6, 6.07) is 28.7. The van der Waals surface area contributed by atoms with Gasteiger partial charge < -0.3 is 13.3 Å². The summed E-state index contributed by atoms with van der Waals surface area (Å²) in [4.78, 5) is 0.